The normalized spacial score (nSPS) is 16.1. The van der Waals surface area contributed by atoms with Gasteiger partial charge in [0.1, 0.15) is 11.5 Å². The second-order valence-corrected chi connectivity index (χ2v) is 9.56. The van der Waals surface area contributed by atoms with Crippen LogP contribution in [-0.2, 0) is 0 Å². The zero-order valence-electron chi connectivity index (χ0n) is 21.6. The molecule has 0 fully saturated rings. The van der Waals surface area contributed by atoms with E-state index < -0.39 is 5.63 Å². The Bertz CT molecular complexity index is 900. The average molecular weight is 461 g/mol. The van der Waals surface area contributed by atoms with Crippen molar-refractivity contribution in [2.75, 3.05) is 13.2 Å². The van der Waals surface area contributed by atoms with E-state index in [1.54, 1.807) is 13.8 Å². The average Bonchev–Trinajstić information content (AvgIpc) is 2.77. The lowest BCUT2D eigenvalue weighted by molar-refractivity contribution is 0.243. The van der Waals surface area contributed by atoms with E-state index in [0.717, 1.165) is 36.8 Å². The lowest BCUT2D eigenvalue weighted by atomic mass is 9.93. The van der Waals surface area contributed by atoms with Crippen molar-refractivity contribution in [1.82, 2.24) is 0 Å². The largest absolute Gasteiger partial charge is 0.507 e. The standard InChI is InChI=1S/C28H44O5/c1-8-24(16-29)14-18(2)10-9-11-25(17-30)15-20(4)12-19(3)13-21(5)27-22(6)26(31)23(7)28(32)33-27/h12,14-15,21,24-25,29-31H,8-11,13,16-17H2,1-7H3. The van der Waals surface area contributed by atoms with Gasteiger partial charge in [0.25, 0.3) is 0 Å². The lowest BCUT2D eigenvalue weighted by Gasteiger charge is -2.15. The van der Waals surface area contributed by atoms with Crippen molar-refractivity contribution < 1.29 is 19.7 Å². The molecule has 0 radical (unpaired) electrons. The van der Waals surface area contributed by atoms with Crippen LogP contribution in [0.3, 0.4) is 0 Å². The van der Waals surface area contributed by atoms with Gasteiger partial charge in [0.05, 0.1) is 5.56 Å². The summed E-state index contributed by atoms with van der Waals surface area (Å²) in [7, 11) is 0. The van der Waals surface area contributed by atoms with Gasteiger partial charge in [-0.3, -0.25) is 0 Å². The fourth-order valence-corrected chi connectivity index (χ4v) is 4.32. The van der Waals surface area contributed by atoms with Crippen LogP contribution in [0.5, 0.6) is 5.75 Å². The van der Waals surface area contributed by atoms with Gasteiger partial charge >= 0.3 is 5.63 Å². The molecule has 3 atom stereocenters. The van der Waals surface area contributed by atoms with Gasteiger partial charge < -0.3 is 19.7 Å². The molecule has 0 aliphatic rings. The molecule has 1 aromatic heterocycles. The smallest absolute Gasteiger partial charge is 0.342 e. The highest BCUT2D eigenvalue weighted by molar-refractivity contribution is 5.39. The second kappa shape index (κ2) is 14.2. The third-order valence-electron chi connectivity index (χ3n) is 6.30. The molecule has 0 bridgehead atoms. The summed E-state index contributed by atoms with van der Waals surface area (Å²) >= 11 is 0. The molecule has 186 valence electrons. The predicted octanol–water partition coefficient (Wildman–Crippen LogP) is 6.09. The molecule has 5 heteroatoms. The number of aliphatic hydroxyl groups is 2. The molecule has 0 saturated heterocycles. The zero-order chi connectivity index (χ0) is 25.1. The molecule has 0 saturated carbocycles. The molecule has 0 aromatic carbocycles. The van der Waals surface area contributed by atoms with E-state index in [0.29, 0.717) is 17.7 Å². The molecule has 0 aliphatic carbocycles. The summed E-state index contributed by atoms with van der Waals surface area (Å²) in [6.45, 7) is 13.9. The summed E-state index contributed by atoms with van der Waals surface area (Å²) < 4.78 is 5.46. The first-order valence-corrected chi connectivity index (χ1v) is 12.1. The highest BCUT2D eigenvalue weighted by Gasteiger charge is 2.18. The first kappa shape index (κ1) is 28.9. The maximum atomic E-state index is 12.0. The third-order valence-corrected chi connectivity index (χ3v) is 6.30. The Kier molecular flexibility index (Phi) is 12.5. The fraction of sp³-hybridized carbons (Fsp3) is 0.607. The summed E-state index contributed by atoms with van der Waals surface area (Å²) in [4.78, 5) is 12.0. The number of hydrogen-bond acceptors (Lipinski definition) is 5. The molecule has 1 heterocycles. The Morgan fingerprint density at radius 2 is 1.64 bits per heavy atom. The van der Waals surface area contributed by atoms with Gasteiger partial charge in [-0.05, 0) is 72.6 Å². The molecule has 1 aromatic rings. The van der Waals surface area contributed by atoms with Crippen LogP contribution in [0.15, 0.2) is 44.2 Å². The number of aromatic hydroxyl groups is 1. The van der Waals surface area contributed by atoms with Gasteiger partial charge in [-0.25, -0.2) is 4.79 Å². The summed E-state index contributed by atoms with van der Waals surface area (Å²) in [5, 5.41) is 29.3. The van der Waals surface area contributed by atoms with E-state index in [4.69, 9.17) is 4.42 Å². The van der Waals surface area contributed by atoms with E-state index in [-0.39, 0.29) is 42.3 Å². The van der Waals surface area contributed by atoms with Crippen LogP contribution >= 0.6 is 0 Å². The second-order valence-electron chi connectivity index (χ2n) is 9.56. The van der Waals surface area contributed by atoms with Gasteiger partial charge in [0, 0.05) is 30.6 Å². The number of aliphatic hydroxyl groups excluding tert-OH is 2. The van der Waals surface area contributed by atoms with E-state index in [2.05, 4.69) is 32.1 Å². The van der Waals surface area contributed by atoms with E-state index in [1.807, 2.05) is 20.8 Å². The minimum absolute atomic E-state index is 0.0169. The molecular formula is C28H44O5. The third kappa shape index (κ3) is 9.34. The van der Waals surface area contributed by atoms with Crippen LogP contribution in [0.2, 0.25) is 0 Å². The quantitative estimate of drug-likeness (QED) is 0.245. The minimum Gasteiger partial charge on any atom is -0.507 e. The van der Waals surface area contributed by atoms with Crippen LogP contribution in [0.1, 0.15) is 89.5 Å². The van der Waals surface area contributed by atoms with Crippen molar-refractivity contribution in [3.8, 4) is 5.75 Å². The highest BCUT2D eigenvalue weighted by atomic mass is 16.4. The van der Waals surface area contributed by atoms with Gasteiger partial charge in [-0.15, -0.1) is 0 Å². The summed E-state index contributed by atoms with van der Waals surface area (Å²) in [5.41, 5.74) is 3.91. The van der Waals surface area contributed by atoms with Crippen LogP contribution in [0.4, 0.5) is 0 Å². The maximum absolute atomic E-state index is 12.0. The van der Waals surface area contributed by atoms with Crippen LogP contribution in [-0.4, -0.2) is 28.5 Å². The number of hydrogen-bond donors (Lipinski definition) is 3. The predicted molar refractivity (Wildman–Crippen MR) is 136 cm³/mol. The Labute approximate surface area is 199 Å². The van der Waals surface area contributed by atoms with Gasteiger partial charge in [0.2, 0.25) is 0 Å². The van der Waals surface area contributed by atoms with Gasteiger partial charge in [0.15, 0.2) is 0 Å². The van der Waals surface area contributed by atoms with Crippen molar-refractivity contribution in [3.05, 3.63) is 62.3 Å². The molecule has 0 amide bonds. The molecule has 3 unspecified atom stereocenters. The molecular weight excluding hydrogens is 416 g/mol. The van der Waals surface area contributed by atoms with Crippen molar-refractivity contribution in [3.63, 3.8) is 0 Å². The van der Waals surface area contributed by atoms with Gasteiger partial charge in [-0.1, -0.05) is 48.8 Å². The van der Waals surface area contributed by atoms with Crippen LogP contribution in [0, 0.1) is 25.7 Å². The van der Waals surface area contributed by atoms with Crippen molar-refractivity contribution in [2.45, 2.75) is 86.5 Å². The summed E-state index contributed by atoms with van der Waals surface area (Å²) in [5.74, 6) is 0.844. The van der Waals surface area contributed by atoms with E-state index >= 15 is 0 Å². The number of allylic oxidation sites excluding steroid dienone is 4. The Hall–Kier alpha value is -2.11. The van der Waals surface area contributed by atoms with Crippen LogP contribution in [0.25, 0.3) is 0 Å². The van der Waals surface area contributed by atoms with Crippen molar-refractivity contribution >= 4 is 0 Å². The Morgan fingerprint density at radius 3 is 2.21 bits per heavy atom. The molecule has 33 heavy (non-hydrogen) atoms. The number of rotatable bonds is 13. The van der Waals surface area contributed by atoms with Crippen LogP contribution < -0.4 is 5.63 Å². The zero-order valence-corrected chi connectivity index (χ0v) is 21.6. The molecule has 1 rings (SSSR count). The summed E-state index contributed by atoms with van der Waals surface area (Å²) in [6, 6.07) is 0. The van der Waals surface area contributed by atoms with E-state index in [1.165, 1.54) is 5.57 Å². The highest BCUT2D eigenvalue weighted by Crippen LogP contribution is 2.31. The SMILES string of the molecule is CCC(C=C(C)CCCC(C=C(C)C=C(C)CC(C)c1oc(=O)c(C)c(O)c1C)CO)CO. The topological polar surface area (TPSA) is 90.9 Å². The summed E-state index contributed by atoms with van der Waals surface area (Å²) in [6.07, 6.45) is 10.9. The fourth-order valence-electron chi connectivity index (χ4n) is 4.32. The van der Waals surface area contributed by atoms with E-state index in [9.17, 15) is 20.1 Å². The molecule has 3 N–H and O–H groups in total. The Balaban J connectivity index is 2.76. The lowest BCUT2D eigenvalue weighted by Crippen LogP contribution is -2.10. The molecule has 5 nitrogen and oxygen atoms in total. The monoisotopic (exact) mass is 460 g/mol. The first-order valence-electron chi connectivity index (χ1n) is 12.1. The molecule has 0 spiro atoms. The maximum Gasteiger partial charge on any atom is 0.342 e. The van der Waals surface area contributed by atoms with Gasteiger partial charge in [-0.2, -0.15) is 0 Å². The van der Waals surface area contributed by atoms with Crippen molar-refractivity contribution in [1.29, 1.82) is 0 Å². The minimum atomic E-state index is -0.491. The first-order chi connectivity index (χ1) is 15.5. The Morgan fingerprint density at radius 1 is 1.00 bits per heavy atom. The van der Waals surface area contributed by atoms with Crippen molar-refractivity contribution in [2.24, 2.45) is 11.8 Å². The molecule has 0 aliphatic heterocycles.